The quantitative estimate of drug-likeness (QED) is 0.0874. The highest BCUT2D eigenvalue weighted by Gasteiger charge is 2.80. The van der Waals surface area contributed by atoms with Crippen molar-refractivity contribution in [2.75, 3.05) is 12.4 Å². The lowest BCUT2D eigenvalue weighted by Crippen LogP contribution is -2.70. The van der Waals surface area contributed by atoms with E-state index in [4.69, 9.17) is 14.6 Å². The zero-order valence-corrected chi connectivity index (χ0v) is 42.0. The minimum atomic E-state index is -2.28. The number of hydrogen-bond acceptors (Lipinski definition) is 12. The summed E-state index contributed by atoms with van der Waals surface area (Å²) in [6.07, 6.45) is 1.06. The molecule has 0 amide bonds. The van der Waals surface area contributed by atoms with Crippen molar-refractivity contribution in [2.24, 2.45) is 57.2 Å². The molecule has 0 aromatic heterocycles. The normalized spacial score (nSPS) is 46.6. The Kier molecular flexibility index (Phi) is 14.0. The number of carbonyl (C=O) groups excluding carboxylic acids is 6. The van der Waals surface area contributed by atoms with E-state index in [9.17, 15) is 39.0 Å². The van der Waals surface area contributed by atoms with Crippen LogP contribution in [0.15, 0.2) is 47.6 Å². The maximum atomic E-state index is 17.4. The summed E-state index contributed by atoms with van der Waals surface area (Å²) in [4.78, 5) is 75.7. The van der Waals surface area contributed by atoms with Crippen molar-refractivity contribution in [3.63, 3.8) is 0 Å². The van der Waals surface area contributed by atoms with E-state index in [1.807, 2.05) is 0 Å². The molecule has 378 valence electrons. The van der Waals surface area contributed by atoms with Gasteiger partial charge < -0.3 is 24.8 Å². The zero-order chi connectivity index (χ0) is 51.2. The summed E-state index contributed by atoms with van der Waals surface area (Å²) in [5, 5.41) is 30.7. The Morgan fingerprint density at radius 1 is 0.710 bits per heavy atom. The van der Waals surface area contributed by atoms with E-state index < -0.39 is 138 Å². The van der Waals surface area contributed by atoms with Crippen LogP contribution in [0, 0.1) is 69.0 Å². The molecule has 0 radical (unpaired) electrons. The van der Waals surface area contributed by atoms with Gasteiger partial charge in [-0.3, -0.25) is 28.8 Å². The summed E-state index contributed by atoms with van der Waals surface area (Å²) in [6.45, 7) is 12.9. The van der Waals surface area contributed by atoms with E-state index in [-0.39, 0.29) is 62.0 Å². The molecule has 18 atom stereocenters. The Morgan fingerprint density at radius 3 is 1.52 bits per heavy atom. The number of esters is 2. The molecule has 6 saturated carbocycles. The van der Waals surface area contributed by atoms with Gasteiger partial charge in [-0.15, -0.1) is 12.6 Å². The van der Waals surface area contributed by atoms with Crippen LogP contribution in [0.4, 0.5) is 17.6 Å². The average Bonchev–Trinajstić information content (AvgIpc) is 3.64. The molecule has 6 fully saturated rings. The molecule has 0 bridgehead atoms. The van der Waals surface area contributed by atoms with Crippen molar-refractivity contribution >= 4 is 58.1 Å². The van der Waals surface area contributed by atoms with Gasteiger partial charge in [0.2, 0.25) is 10.2 Å². The van der Waals surface area contributed by atoms with Crippen molar-refractivity contribution in [2.45, 2.75) is 154 Å². The summed E-state index contributed by atoms with van der Waals surface area (Å²) >= 11 is 4.95. The zero-order valence-electron chi connectivity index (χ0n) is 40.3. The van der Waals surface area contributed by atoms with E-state index in [2.05, 4.69) is 24.5 Å². The highest BCUT2D eigenvalue weighted by atomic mass is 32.2. The second-order valence-electron chi connectivity index (χ2n) is 21.5. The first-order valence-corrected chi connectivity index (χ1v) is 25.4. The fraction of sp³-hybridized carbons (Fsp3) is 0.692. The summed E-state index contributed by atoms with van der Waals surface area (Å²) in [5.74, 6) is -0.800. The van der Waals surface area contributed by atoms with Crippen molar-refractivity contribution in [3.05, 3.63) is 47.6 Å². The van der Waals surface area contributed by atoms with Crippen LogP contribution in [0.2, 0.25) is 0 Å². The van der Waals surface area contributed by atoms with Crippen molar-refractivity contribution in [3.8, 4) is 11.8 Å². The van der Waals surface area contributed by atoms with Crippen LogP contribution in [-0.4, -0.2) is 109 Å². The molecular formula is C52H64F4O11S2. The number of halogens is 4. The third-order valence-electron chi connectivity index (χ3n) is 18.6. The van der Waals surface area contributed by atoms with Crippen LogP contribution in [0.1, 0.15) is 107 Å². The monoisotopic (exact) mass is 1000 g/mol. The van der Waals surface area contributed by atoms with Gasteiger partial charge in [-0.2, -0.15) is 0 Å². The lowest BCUT2D eigenvalue weighted by molar-refractivity contribution is -0.228. The van der Waals surface area contributed by atoms with Gasteiger partial charge in [0.25, 0.3) is 0 Å². The molecule has 69 heavy (non-hydrogen) atoms. The molecule has 8 rings (SSSR count). The number of aliphatic hydroxyl groups is 3. The van der Waals surface area contributed by atoms with Crippen LogP contribution in [0.5, 0.6) is 0 Å². The largest absolute Gasteiger partial charge is 0.449 e. The molecule has 0 aromatic rings. The highest BCUT2D eigenvalue weighted by Crippen LogP contribution is 2.74. The second kappa shape index (κ2) is 18.2. The fourth-order valence-electron chi connectivity index (χ4n) is 15.3. The maximum absolute atomic E-state index is 17.4. The molecule has 17 heteroatoms. The van der Waals surface area contributed by atoms with Gasteiger partial charge in [-0.1, -0.05) is 77.3 Å². The Labute approximate surface area is 410 Å². The summed E-state index contributed by atoms with van der Waals surface area (Å²) in [7, 11) is 0. The molecular weight excluding hydrogens is 941 g/mol. The van der Waals surface area contributed by atoms with Gasteiger partial charge in [0.05, 0.1) is 18.0 Å². The number of ether oxygens (including phenoxy) is 2. The smallest absolute Gasteiger partial charge is 0.306 e. The molecule has 8 aliphatic rings. The van der Waals surface area contributed by atoms with Gasteiger partial charge in [-0.05, 0) is 99.7 Å². The van der Waals surface area contributed by atoms with Crippen LogP contribution in [0.25, 0.3) is 0 Å². The number of thiol groups is 1. The first-order valence-electron chi connectivity index (χ1n) is 24.0. The first-order chi connectivity index (χ1) is 32.1. The topological polar surface area (TPSA) is 182 Å². The molecule has 0 spiro atoms. The van der Waals surface area contributed by atoms with Crippen molar-refractivity contribution < 1.29 is 71.1 Å². The van der Waals surface area contributed by atoms with Gasteiger partial charge in [-0.25, -0.2) is 17.6 Å². The van der Waals surface area contributed by atoms with Crippen molar-refractivity contribution in [1.82, 2.24) is 0 Å². The number of alkyl halides is 4. The van der Waals surface area contributed by atoms with Gasteiger partial charge in [0.15, 0.2) is 34.1 Å². The number of thioether (sulfide) groups is 1. The Morgan fingerprint density at radius 2 is 1.12 bits per heavy atom. The van der Waals surface area contributed by atoms with Crippen LogP contribution >= 0.6 is 24.4 Å². The van der Waals surface area contributed by atoms with Crippen LogP contribution < -0.4 is 0 Å². The van der Waals surface area contributed by atoms with Crippen LogP contribution in [-0.2, 0) is 38.2 Å². The highest BCUT2D eigenvalue weighted by molar-refractivity contribution is 8.14. The second-order valence-corrected chi connectivity index (χ2v) is 22.9. The number of ketones is 2. The summed E-state index contributed by atoms with van der Waals surface area (Å²) in [5.41, 5.74) is -13.1. The standard InChI is InChI=1S/C28H34F2O6S.C24H30F2O5S/c1-5-23(34)36-28(24(35)37-11-7-6-10-31)16(2)12-18-19-14-21(29)20-13-17(32)8-9-25(20,3)27(19,30)22(33)15-26(18,28)4;1-5-19(29)31-24(20(30)32)12(2)8-14-15-10-17(25)16-9-13(27)6-7-21(16,3)23(15,26)18(28)11-22(14,24)4/h8-9,13,16,18-19,21-22,31,33H,5,10-12,14-15H2,1-4H3;6-7,9,12,14-15,17-18,28H,5,8,10-11H2,1-4H3,(H,30,32)/t16-,18?,19?,21+,22+,25+,26+,27+,28+;12-,14?,15?,17+,18+,21+,22+,23+,24+/m11/s1. The molecule has 3 N–H and O–H groups in total. The van der Waals surface area contributed by atoms with Gasteiger partial charge in [0.1, 0.15) is 19.0 Å². The molecule has 0 saturated heterocycles. The maximum Gasteiger partial charge on any atom is 0.306 e. The Balaban J connectivity index is 0.000000206. The minimum Gasteiger partial charge on any atom is -0.449 e. The number of aliphatic hydroxyl groups excluding tert-OH is 3. The first kappa shape index (κ1) is 53.2. The number of fused-ring (bicyclic) bond motifs is 10. The molecule has 0 aromatic carbocycles. The lowest BCUT2D eigenvalue weighted by Gasteiger charge is -2.63. The minimum absolute atomic E-state index is 0.0219. The van der Waals surface area contributed by atoms with Crippen LogP contribution in [0.3, 0.4) is 0 Å². The average molecular weight is 1010 g/mol. The summed E-state index contributed by atoms with van der Waals surface area (Å²) in [6, 6.07) is 0. The molecule has 11 nitrogen and oxygen atoms in total. The molecule has 0 heterocycles. The van der Waals surface area contributed by atoms with E-state index in [1.165, 1.54) is 38.2 Å². The van der Waals surface area contributed by atoms with Gasteiger partial charge >= 0.3 is 11.9 Å². The molecule has 8 aliphatic carbocycles. The third kappa shape index (κ3) is 7.23. The Bertz CT molecular complexity index is 2400. The predicted molar refractivity (Wildman–Crippen MR) is 251 cm³/mol. The predicted octanol–water partition coefficient (Wildman–Crippen LogP) is 7.20. The fourth-order valence-corrected chi connectivity index (χ4v) is 16.8. The van der Waals surface area contributed by atoms with E-state index >= 15 is 17.6 Å². The summed E-state index contributed by atoms with van der Waals surface area (Å²) < 4.78 is 77.3. The van der Waals surface area contributed by atoms with Gasteiger partial charge in [0, 0.05) is 58.2 Å². The number of hydrogen-bond donors (Lipinski definition) is 4. The van der Waals surface area contributed by atoms with E-state index in [0.29, 0.717) is 12.8 Å². The lowest BCUT2D eigenvalue weighted by atomic mass is 9.44. The SMILES string of the molecule is CCC(=O)O[C@]1(C(=O)S)[C@H](C)CC2C3C[C@H](F)C4=CC(=O)C=C[C@]4(C)[C@@]3(F)[C@@H](O)C[C@@]21C.CCC(=O)O[C@]1(C(=O)SCC#CCO)[C@H](C)CC2C3C[C@H](F)C4=CC(=O)C=C[C@]4(C)[C@@]3(F)[C@@H](O)C[C@@]21C. The third-order valence-corrected chi connectivity index (χ3v) is 19.8. The molecule has 4 unspecified atom stereocenters. The number of rotatable bonds is 7. The number of carbonyl (C=O) groups is 6. The Hall–Kier alpha value is -3.56. The molecule has 0 aliphatic heterocycles. The number of allylic oxidation sites excluding steroid dienone is 8. The van der Waals surface area contributed by atoms with Crippen molar-refractivity contribution in [1.29, 1.82) is 0 Å². The van der Waals surface area contributed by atoms with E-state index in [0.717, 1.165) is 23.9 Å². The van der Waals surface area contributed by atoms with E-state index in [1.54, 1.807) is 41.5 Å².